The molecule has 138 valence electrons. The Bertz CT molecular complexity index is 1030. The molecule has 0 spiro atoms. The van der Waals surface area contributed by atoms with Crippen LogP contribution in [0.2, 0.25) is 0 Å². The number of nitriles is 1. The van der Waals surface area contributed by atoms with Gasteiger partial charge in [-0.15, -0.1) is 0 Å². The molecule has 0 atom stereocenters. The molecule has 0 radical (unpaired) electrons. The van der Waals surface area contributed by atoms with Crippen LogP contribution in [-0.4, -0.2) is 24.0 Å². The minimum absolute atomic E-state index is 0.0123. The molecule has 1 aromatic carbocycles. The van der Waals surface area contributed by atoms with E-state index in [1.165, 1.54) is 18.0 Å². The SMILES string of the molecule is COc1cc(C=Nn2c(C)cc(C)c(C#N)c2=O)ccc1OC(=O)C1CC1. The van der Waals surface area contributed by atoms with Crippen LogP contribution in [0.4, 0.5) is 0 Å². The Morgan fingerprint density at radius 3 is 2.67 bits per heavy atom. The highest BCUT2D eigenvalue weighted by Crippen LogP contribution is 2.34. The topological polar surface area (TPSA) is 93.7 Å². The fraction of sp³-hybridized carbons (Fsp3) is 0.300. The number of aromatic nitrogens is 1. The van der Waals surface area contributed by atoms with Gasteiger partial charge in [-0.1, -0.05) is 0 Å². The van der Waals surface area contributed by atoms with E-state index in [4.69, 9.17) is 14.7 Å². The van der Waals surface area contributed by atoms with Crippen molar-refractivity contribution in [2.24, 2.45) is 11.0 Å². The predicted molar refractivity (Wildman–Crippen MR) is 99.2 cm³/mol. The molecule has 3 rings (SSSR count). The standard InChI is InChI=1S/C20H19N3O4/c1-12-8-13(2)23(19(24)16(12)10-21)22-11-14-4-7-17(18(9-14)26-3)27-20(25)15-5-6-15/h4,7-9,11,15H,5-6H2,1-3H3. The number of aryl methyl sites for hydroxylation is 2. The molecule has 2 aromatic rings. The quantitative estimate of drug-likeness (QED) is 0.461. The van der Waals surface area contributed by atoms with Gasteiger partial charge in [0.25, 0.3) is 5.56 Å². The number of methoxy groups -OCH3 is 1. The zero-order valence-corrected chi connectivity index (χ0v) is 15.4. The molecule has 1 aromatic heterocycles. The molecular formula is C20H19N3O4. The van der Waals surface area contributed by atoms with Crippen molar-refractivity contribution in [1.29, 1.82) is 5.26 Å². The molecule has 1 aliphatic carbocycles. The number of ether oxygens (including phenoxy) is 2. The number of esters is 1. The van der Waals surface area contributed by atoms with E-state index in [0.717, 1.165) is 12.8 Å². The van der Waals surface area contributed by atoms with E-state index in [1.54, 1.807) is 38.1 Å². The van der Waals surface area contributed by atoms with Crippen LogP contribution < -0.4 is 15.0 Å². The summed E-state index contributed by atoms with van der Waals surface area (Å²) in [5.41, 5.74) is 1.50. The summed E-state index contributed by atoms with van der Waals surface area (Å²) in [6.07, 6.45) is 3.21. The minimum Gasteiger partial charge on any atom is -0.493 e. The Hall–Kier alpha value is -3.40. The van der Waals surface area contributed by atoms with Crippen LogP contribution in [0.15, 0.2) is 34.2 Å². The smallest absolute Gasteiger partial charge is 0.314 e. The highest BCUT2D eigenvalue weighted by atomic mass is 16.6. The Morgan fingerprint density at radius 2 is 2.04 bits per heavy atom. The van der Waals surface area contributed by atoms with Gasteiger partial charge >= 0.3 is 5.97 Å². The number of nitrogens with zero attached hydrogens (tertiary/aromatic N) is 3. The maximum Gasteiger partial charge on any atom is 0.314 e. The molecule has 0 amide bonds. The fourth-order valence-electron chi connectivity index (χ4n) is 2.64. The van der Waals surface area contributed by atoms with Gasteiger partial charge in [0.15, 0.2) is 11.5 Å². The summed E-state index contributed by atoms with van der Waals surface area (Å²) in [6.45, 7) is 3.46. The van der Waals surface area contributed by atoms with E-state index in [1.807, 2.05) is 6.07 Å². The number of rotatable bonds is 5. The summed E-state index contributed by atoms with van der Waals surface area (Å²) >= 11 is 0. The Morgan fingerprint density at radius 1 is 1.30 bits per heavy atom. The van der Waals surface area contributed by atoms with Crippen molar-refractivity contribution < 1.29 is 14.3 Å². The lowest BCUT2D eigenvalue weighted by molar-refractivity contribution is -0.135. The number of benzene rings is 1. The summed E-state index contributed by atoms with van der Waals surface area (Å²) < 4.78 is 11.8. The molecule has 0 N–H and O–H groups in total. The molecule has 1 fully saturated rings. The molecule has 1 heterocycles. The predicted octanol–water partition coefficient (Wildman–Crippen LogP) is 2.54. The molecule has 1 aliphatic rings. The summed E-state index contributed by atoms with van der Waals surface area (Å²) in [4.78, 5) is 24.2. The highest BCUT2D eigenvalue weighted by Gasteiger charge is 2.32. The number of carbonyl (C=O) groups is 1. The van der Waals surface area contributed by atoms with E-state index in [0.29, 0.717) is 28.3 Å². The van der Waals surface area contributed by atoms with Crippen molar-refractivity contribution in [3.05, 3.63) is 57.0 Å². The van der Waals surface area contributed by atoms with E-state index in [-0.39, 0.29) is 17.5 Å². The maximum atomic E-state index is 12.4. The van der Waals surface area contributed by atoms with Crippen molar-refractivity contribution in [3.63, 3.8) is 0 Å². The summed E-state index contributed by atoms with van der Waals surface area (Å²) in [5.74, 6) is 0.489. The van der Waals surface area contributed by atoms with E-state index in [9.17, 15) is 9.59 Å². The molecule has 0 aliphatic heterocycles. The van der Waals surface area contributed by atoms with Crippen LogP contribution in [0.1, 0.15) is 35.2 Å². The van der Waals surface area contributed by atoms with Gasteiger partial charge in [0.05, 0.1) is 19.2 Å². The lowest BCUT2D eigenvalue weighted by atomic mass is 10.1. The molecule has 7 nitrogen and oxygen atoms in total. The largest absolute Gasteiger partial charge is 0.493 e. The van der Waals surface area contributed by atoms with Gasteiger partial charge in [-0.05, 0) is 62.1 Å². The normalized spacial score (nSPS) is 13.4. The van der Waals surface area contributed by atoms with E-state index >= 15 is 0 Å². The summed E-state index contributed by atoms with van der Waals surface area (Å²) in [7, 11) is 1.48. The van der Waals surface area contributed by atoms with Gasteiger partial charge in [0, 0.05) is 5.69 Å². The molecule has 27 heavy (non-hydrogen) atoms. The monoisotopic (exact) mass is 365 g/mol. The molecule has 0 saturated heterocycles. The Labute approximate surface area is 156 Å². The molecular weight excluding hydrogens is 346 g/mol. The van der Waals surface area contributed by atoms with Gasteiger partial charge in [0.2, 0.25) is 0 Å². The third-order valence-corrected chi connectivity index (χ3v) is 4.30. The van der Waals surface area contributed by atoms with Crippen LogP contribution in [0.25, 0.3) is 0 Å². The molecule has 7 heteroatoms. The third-order valence-electron chi connectivity index (χ3n) is 4.30. The number of pyridine rings is 1. The molecule has 0 unspecified atom stereocenters. The number of hydrogen-bond donors (Lipinski definition) is 0. The number of hydrogen-bond acceptors (Lipinski definition) is 6. The van der Waals surface area contributed by atoms with Crippen LogP contribution in [0, 0.1) is 31.1 Å². The Kier molecular flexibility index (Phi) is 5.08. The van der Waals surface area contributed by atoms with Gasteiger partial charge in [-0.3, -0.25) is 9.59 Å². The van der Waals surface area contributed by atoms with Gasteiger partial charge < -0.3 is 9.47 Å². The lowest BCUT2D eigenvalue weighted by Gasteiger charge is -2.10. The van der Waals surface area contributed by atoms with Crippen molar-refractivity contribution in [2.75, 3.05) is 7.11 Å². The van der Waals surface area contributed by atoms with Gasteiger partial charge in [-0.25, -0.2) is 4.68 Å². The van der Waals surface area contributed by atoms with Crippen LogP contribution in [-0.2, 0) is 4.79 Å². The van der Waals surface area contributed by atoms with Crippen LogP contribution in [0.3, 0.4) is 0 Å². The zero-order chi connectivity index (χ0) is 19.6. The van der Waals surface area contributed by atoms with Gasteiger partial charge in [-0.2, -0.15) is 10.4 Å². The second-order valence-corrected chi connectivity index (χ2v) is 6.42. The minimum atomic E-state index is -0.465. The second-order valence-electron chi connectivity index (χ2n) is 6.42. The first kappa shape index (κ1) is 18.4. The maximum absolute atomic E-state index is 12.4. The Balaban J connectivity index is 1.89. The first-order valence-corrected chi connectivity index (χ1v) is 8.52. The fourth-order valence-corrected chi connectivity index (χ4v) is 2.64. The van der Waals surface area contributed by atoms with Crippen molar-refractivity contribution in [1.82, 2.24) is 4.68 Å². The zero-order valence-electron chi connectivity index (χ0n) is 15.4. The first-order chi connectivity index (χ1) is 12.9. The summed E-state index contributed by atoms with van der Waals surface area (Å²) in [5, 5.41) is 13.3. The van der Waals surface area contributed by atoms with Crippen molar-refractivity contribution >= 4 is 12.2 Å². The molecule has 1 saturated carbocycles. The highest BCUT2D eigenvalue weighted by molar-refractivity contribution is 5.82. The van der Waals surface area contributed by atoms with Crippen LogP contribution >= 0.6 is 0 Å². The van der Waals surface area contributed by atoms with E-state index < -0.39 is 5.56 Å². The average molecular weight is 365 g/mol. The van der Waals surface area contributed by atoms with Crippen molar-refractivity contribution in [3.8, 4) is 17.6 Å². The first-order valence-electron chi connectivity index (χ1n) is 8.52. The average Bonchev–Trinajstić information content (AvgIpc) is 3.47. The van der Waals surface area contributed by atoms with E-state index in [2.05, 4.69) is 5.10 Å². The summed E-state index contributed by atoms with van der Waals surface area (Å²) in [6, 6.07) is 8.65. The third kappa shape index (κ3) is 3.90. The molecule has 0 bridgehead atoms. The van der Waals surface area contributed by atoms with Gasteiger partial charge in [0.1, 0.15) is 11.6 Å². The lowest BCUT2D eigenvalue weighted by Crippen LogP contribution is -2.22. The number of carbonyl (C=O) groups excluding carboxylic acids is 1. The van der Waals surface area contributed by atoms with Crippen LogP contribution in [0.5, 0.6) is 11.5 Å². The van der Waals surface area contributed by atoms with Crippen molar-refractivity contribution in [2.45, 2.75) is 26.7 Å². The second kappa shape index (κ2) is 7.46.